The normalized spacial score (nSPS) is 17.1. The van der Waals surface area contributed by atoms with Crippen LogP contribution in [0, 0.1) is 5.92 Å². The van der Waals surface area contributed by atoms with Gasteiger partial charge in [-0.1, -0.05) is 184 Å². The first kappa shape index (κ1) is 36.7. The lowest BCUT2D eigenvalue weighted by Gasteiger charge is -2.19. The molecule has 1 spiro atoms. The predicted molar refractivity (Wildman–Crippen MR) is 265 cm³/mol. The van der Waals surface area contributed by atoms with Crippen molar-refractivity contribution < 1.29 is 4.74 Å². The summed E-state index contributed by atoms with van der Waals surface area (Å²) >= 11 is 0. The van der Waals surface area contributed by atoms with Crippen LogP contribution in [-0.2, 0) is 0 Å². The van der Waals surface area contributed by atoms with Crippen LogP contribution in [0.15, 0.2) is 188 Å². The lowest BCUT2D eigenvalue weighted by atomic mass is 9.87. The summed E-state index contributed by atoms with van der Waals surface area (Å²) in [5.74, 6) is 3.09. The summed E-state index contributed by atoms with van der Waals surface area (Å²) in [6, 6.07) is 62.7. The maximum absolute atomic E-state index is 6.86. The standard InChI is InChI=1S/C56H34N4O.C3H8/c1-3-14-37-28-39(22-20-33(37)10-1)53-57-54(40-23-21-34-11-2-4-15-38(34)29-40)59-55(58-53)60-51-44-17-8-6-13-36(44)24-26-47(51)46-19-9-18-45(52(46)60)41-30-42-32-56(42)48(31-41)50-43-16-7-5-12-35(43)25-27-49(50)61-56;1-3-2/h1-31,42H,32H2;3H2,1-2H3. The first-order valence-corrected chi connectivity index (χ1v) is 22.4. The molecule has 1 saturated carbocycles. The third kappa shape index (κ3) is 5.53. The maximum atomic E-state index is 6.86. The van der Waals surface area contributed by atoms with E-state index >= 15 is 0 Å². The highest BCUT2D eigenvalue weighted by Gasteiger charge is 2.63. The van der Waals surface area contributed by atoms with Crippen molar-refractivity contribution in [2.24, 2.45) is 5.92 Å². The van der Waals surface area contributed by atoms with Crippen molar-refractivity contribution in [1.82, 2.24) is 19.5 Å². The molecule has 64 heavy (non-hydrogen) atoms. The van der Waals surface area contributed by atoms with E-state index in [0.717, 1.165) is 72.2 Å². The number of benzene rings is 9. The summed E-state index contributed by atoms with van der Waals surface area (Å²) < 4.78 is 9.18. The smallest absolute Gasteiger partial charge is 0.238 e. The minimum absolute atomic E-state index is 0.277. The number of hydrogen-bond acceptors (Lipinski definition) is 4. The second-order valence-corrected chi connectivity index (χ2v) is 17.5. The maximum Gasteiger partial charge on any atom is 0.238 e. The molecule has 9 aromatic carbocycles. The highest BCUT2D eigenvalue weighted by molar-refractivity contribution is 6.21. The van der Waals surface area contributed by atoms with Gasteiger partial charge in [-0.25, -0.2) is 4.98 Å². The van der Waals surface area contributed by atoms with E-state index in [1.807, 2.05) is 0 Å². The first-order chi connectivity index (χ1) is 31.6. The van der Waals surface area contributed by atoms with Gasteiger partial charge in [0, 0.05) is 56.3 Å². The van der Waals surface area contributed by atoms with Crippen LogP contribution in [-0.4, -0.2) is 25.1 Å². The highest BCUT2D eigenvalue weighted by atomic mass is 16.5. The van der Waals surface area contributed by atoms with E-state index in [0.29, 0.717) is 17.6 Å². The van der Waals surface area contributed by atoms with Crippen molar-refractivity contribution in [2.75, 3.05) is 0 Å². The molecular weight excluding hydrogens is 781 g/mol. The van der Waals surface area contributed by atoms with Crippen molar-refractivity contribution >= 4 is 76.0 Å². The number of rotatable bonds is 4. The molecule has 14 rings (SSSR count). The topological polar surface area (TPSA) is 52.8 Å². The van der Waals surface area contributed by atoms with Gasteiger partial charge < -0.3 is 4.74 Å². The molecule has 3 heterocycles. The fraction of sp³-hybridized carbons (Fsp3) is 0.102. The number of para-hydroxylation sites is 1. The van der Waals surface area contributed by atoms with E-state index in [1.165, 1.54) is 44.7 Å². The summed E-state index contributed by atoms with van der Waals surface area (Å²) in [4.78, 5) is 16.2. The molecule has 5 heteroatoms. The van der Waals surface area contributed by atoms with Gasteiger partial charge in [-0.3, -0.25) is 4.57 Å². The van der Waals surface area contributed by atoms with Crippen molar-refractivity contribution in [1.29, 1.82) is 0 Å². The largest absolute Gasteiger partial charge is 0.481 e. The first-order valence-electron chi connectivity index (χ1n) is 22.4. The van der Waals surface area contributed by atoms with Gasteiger partial charge in [0.1, 0.15) is 11.4 Å². The molecule has 304 valence electrons. The van der Waals surface area contributed by atoms with Crippen LogP contribution < -0.4 is 4.74 Å². The van der Waals surface area contributed by atoms with Crippen LogP contribution in [0.5, 0.6) is 5.75 Å². The zero-order valence-electron chi connectivity index (χ0n) is 35.6. The number of aromatic nitrogens is 4. The van der Waals surface area contributed by atoms with Gasteiger partial charge in [0.15, 0.2) is 11.6 Å². The molecule has 0 radical (unpaired) electrons. The monoisotopic (exact) mass is 822 g/mol. The molecular formula is C59H42N4O. The number of fused-ring (bicyclic) bond motifs is 11. The Morgan fingerprint density at radius 3 is 1.77 bits per heavy atom. The number of ether oxygens (including phenoxy) is 1. The molecule has 2 aliphatic carbocycles. The van der Waals surface area contributed by atoms with Crippen molar-refractivity contribution in [3.8, 4) is 34.5 Å². The average molecular weight is 823 g/mol. The summed E-state index contributed by atoms with van der Waals surface area (Å²) in [6.45, 7) is 4.25. The van der Waals surface area contributed by atoms with Gasteiger partial charge in [-0.2, -0.15) is 9.97 Å². The molecule has 0 N–H and O–H groups in total. The zero-order chi connectivity index (χ0) is 42.5. The molecule has 0 saturated heterocycles. The number of hydrogen-bond donors (Lipinski definition) is 0. The Labute approximate surface area is 370 Å². The summed E-state index contributed by atoms with van der Waals surface area (Å²) in [5, 5.41) is 11.7. The summed E-state index contributed by atoms with van der Waals surface area (Å²) in [7, 11) is 0. The van der Waals surface area contributed by atoms with Crippen molar-refractivity contribution in [2.45, 2.75) is 32.3 Å². The second-order valence-electron chi connectivity index (χ2n) is 17.5. The molecule has 0 amide bonds. The lowest BCUT2D eigenvalue weighted by molar-refractivity contribution is 0.246. The molecule has 0 bridgehead atoms. The fourth-order valence-electron chi connectivity index (χ4n) is 10.4. The Hall–Kier alpha value is -7.89. The molecule has 11 aromatic rings. The third-order valence-electron chi connectivity index (χ3n) is 13.4. The van der Waals surface area contributed by atoms with Gasteiger partial charge in [0.05, 0.1) is 11.0 Å². The minimum atomic E-state index is -0.301. The Kier molecular flexibility index (Phi) is 8.07. The number of nitrogens with zero attached hydrogens (tertiary/aromatic N) is 4. The second kappa shape index (κ2) is 14.1. The zero-order valence-corrected chi connectivity index (χ0v) is 35.6. The quantitative estimate of drug-likeness (QED) is 0.177. The van der Waals surface area contributed by atoms with Crippen molar-refractivity contribution in [3.05, 3.63) is 199 Å². The number of allylic oxidation sites excluding steroid dienone is 2. The molecule has 2 atom stereocenters. The van der Waals surface area contributed by atoms with Crippen LogP contribution in [0.2, 0.25) is 0 Å². The average Bonchev–Trinajstić information content (AvgIpc) is 3.81. The van der Waals surface area contributed by atoms with Crippen LogP contribution in [0.25, 0.3) is 105 Å². The van der Waals surface area contributed by atoms with Gasteiger partial charge >= 0.3 is 0 Å². The Morgan fingerprint density at radius 1 is 0.531 bits per heavy atom. The molecule has 2 aromatic heterocycles. The lowest BCUT2D eigenvalue weighted by Crippen LogP contribution is -2.18. The van der Waals surface area contributed by atoms with Crippen LogP contribution >= 0.6 is 0 Å². The Morgan fingerprint density at radius 2 is 1.08 bits per heavy atom. The van der Waals surface area contributed by atoms with E-state index < -0.39 is 0 Å². The van der Waals surface area contributed by atoms with E-state index in [2.05, 4.69) is 206 Å². The molecule has 5 nitrogen and oxygen atoms in total. The summed E-state index contributed by atoms with van der Waals surface area (Å²) in [5.41, 5.74) is 8.55. The predicted octanol–water partition coefficient (Wildman–Crippen LogP) is 15.0. The minimum Gasteiger partial charge on any atom is -0.481 e. The van der Waals surface area contributed by atoms with Crippen LogP contribution in [0.1, 0.15) is 37.8 Å². The Balaban J connectivity index is 0.00000134. The Bertz CT molecular complexity index is 3720. The van der Waals surface area contributed by atoms with E-state index in [1.54, 1.807) is 0 Å². The molecule has 2 unspecified atom stereocenters. The molecule has 3 aliphatic rings. The third-order valence-corrected chi connectivity index (χ3v) is 13.4. The highest BCUT2D eigenvalue weighted by Crippen LogP contribution is 2.65. The SMILES string of the molecule is C1=C(c2cccc3c4ccc5ccccc5c4n(-c4nc(-c5ccc6ccccc6c5)nc(-c5ccc6ccccc6c5)n4)c23)C=C2c3c(ccc4ccccc34)OC23CC13.CCC. The van der Waals surface area contributed by atoms with E-state index in [9.17, 15) is 0 Å². The molecule has 1 aliphatic heterocycles. The van der Waals surface area contributed by atoms with E-state index in [-0.39, 0.29) is 11.5 Å². The van der Waals surface area contributed by atoms with E-state index in [4.69, 9.17) is 19.7 Å². The van der Waals surface area contributed by atoms with Gasteiger partial charge in [0.2, 0.25) is 5.95 Å². The van der Waals surface area contributed by atoms with Gasteiger partial charge in [-0.15, -0.1) is 0 Å². The van der Waals surface area contributed by atoms with Gasteiger partial charge in [-0.05, 0) is 67.6 Å². The van der Waals surface area contributed by atoms with Crippen molar-refractivity contribution in [3.63, 3.8) is 0 Å². The fourth-order valence-corrected chi connectivity index (χ4v) is 10.4. The molecule has 1 fully saturated rings. The van der Waals surface area contributed by atoms with Gasteiger partial charge in [0.25, 0.3) is 0 Å². The van der Waals surface area contributed by atoms with Crippen LogP contribution in [0.3, 0.4) is 0 Å². The summed E-state index contributed by atoms with van der Waals surface area (Å²) in [6.07, 6.45) is 7.07. The van der Waals surface area contributed by atoms with Crippen LogP contribution in [0.4, 0.5) is 0 Å².